The second-order valence-corrected chi connectivity index (χ2v) is 4.78. The minimum atomic E-state index is -0.421. The SMILES string of the molecule is CCOC(=O)Cn1ncc(NC(=O)Cc2ccc(C)cc2)n1. The van der Waals surface area contributed by atoms with Crippen molar-refractivity contribution in [3.05, 3.63) is 41.6 Å². The van der Waals surface area contributed by atoms with Gasteiger partial charge in [-0.15, -0.1) is 5.10 Å². The van der Waals surface area contributed by atoms with Gasteiger partial charge in [-0.2, -0.15) is 9.90 Å². The summed E-state index contributed by atoms with van der Waals surface area (Å²) in [6.45, 7) is 3.94. The predicted octanol–water partition coefficient (Wildman–Crippen LogP) is 1.33. The van der Waals surface area contributed by atoms with Crippen LogP contribution in [-0.2, 0) is 27.3 Å². The van der Waals surface area contributed by atoms with Crippen LogP contribution in [-0.4, -0.2) is 33.5 Å². The fraction of sp³-hybridized carbons (Fsp3) is 0.333. The van der Waals surface area contributed by atoms with E-state index in [1.807, 2.05) is 31.2 Å². The molecule has 1 aromatic heterocycles. The third kappa shape index (κ3) is 4.69. The predicted molar refractivity (Wildman–Crippen MR) is 80.2 cm³/mol. The van der Waals surface area contributed by atoms with Crippen molar-refractivity contribution in [1.82, 2.24) is 15.0 Å². The Morgan fingerprint density at radius 3 is 2.68 bits per heavy atom. The van der Waals surface area contributed by atoms with Crippen LogP contribution in [0.25, 0.3) is 0 Å². The number of hydrogen-bond donors (Lipinski definition) is 1. The number of nitrogens with one attached hydrogen (secondary N) is 1. The lowest BCUT2D eigenvalue weighted by atomic mass is 10.1. The first-order chi connectivity index (χ1) is 10.6. The molecule has 0 aliphatic carbocycles. The van der Waals surface area contributed by atoms with E-state index in [-0.39, 0.29) is 18.9 Å². The van der Waals surface area contributed by atoms with Crippen molar-refractivity contribution in [3.8, 4) is 0 Å². The van der Waals surface area contributed by atoms with Gasteiger partial charge in [-0.3, -0.25) is 4.79 Å². The number of benzene rings is 1. The molecule has 0 radical (unpaired) electrons. The summed E-state index contributed by atoms with van der Waals surface area (Å²) >= 11 is 0. The second-order valence-electron chi connectivity index (χ2n) is 4.78. The molecule has 2 aromatic rings. The monoisotopic (exact) mass is 302 g/mol. The molecule has 1 heterocycles. The summed E-state index contributed by atoms with van der Waals surface area (Å²) in [6.07, 6.45) is 1.65. The number of hydrogen-bond acceptors (Lipinski definition) is 5. The van der Waals surface area contributed by atoms with E-state index in [4.69, 9.17) is 4.74 Å². The molecule has 0 saturated heterocycles. The molecule has 1 aromatic carbocycles. The van der Waals surface area contributed by atoms with Gasteiger partial charge < -0.3 is 10.1 Å². The fourth-order valence-electron chi connectivity index (χ4n) is 1.83. The van der Waals surface area contributed by atoms with Gasteiger partial charge >= 0.3 is 5.97 Å². The quantitative estimate of drug-likeness (QED) is 0.814. The van der Waals surface area contributed by atoms with Crippen LogP contribution >= 0.6 is 0 Å². The number of aryl methyl sites for hydroxylation is 1. The van der Waals surface area contributed by atoms with Crippen LogP contribution < -0.4 is 5.32 Å². The van der Waals surface area contributed by atoms with Gasteiger partial charge in [-0.25, -0.2) is 4.79 Å². The van der Waals surface area contributed by atoms with Gasteiger partial charge in [0.2, 0.25) is 5.91 Å². The highest BCUT2D eigenvalue weighted by Crippen LogP contribution is 2.06. The van der Waals surface area contributed by atoms with Gasteiger partial charge in [-0.05, 0) is 19.4 Å². The number of aromatic nitrogens is 3. The van der Waals surface area contributed by atoms with Crippen LogP contribution in [0.5, 0.6) is 0 Å². The standard InChI is InChI=1S/C15H18N4O3/c1-3-22-15(21)10-19-16-9-13(18-19)17-14(20)8-12-6-4-11(2)5-7-12/h4-7,9H,3,8,10H2,1-2H3,(H,17,18,20). The van der Waals surface area contributed by atoms with Gasteiger partial charge in [0.05, 0.1) is 19.2 Å². The molecule has 116 valence electrons. The maximum Gasteiger partial charge on any atom is 0.329 e. The minimum Gasteiger partial charge on any atom is -0.465 e. The lowest BCUT2D eigenvalue weighted by molar-refractivity contribution is -0.144. The molecule has 2 rings (SSSR count). The number of esters is 1. The van der Waals surface area contributed by atoms with E-state index < -0.39 is 5.97 Å². The topological polar surface area (TPSA) is 86.1 Å². The number of amides is 1. The summed E-state index contributed by atoms with van der Waals surface area (Å²) in [6, 6.07) is 7.73. The van der Waals surface area contributed by atoms with E-state index >= 15 is 0 Å². The molecule has 0 unspecified atom stereocenters. The average Bonchev–Trinajstić information content (AvgIpc) is 2.88. The molecule has 7 nitrogen and oxygen atoms in total. The largest absolute Gasteiger partial charge is 0.465 e. The van der Waals surface area contributed by atoms with Crippen LogP contribution in [0.2, 0.25) is 0 Å². The van der Waals surface area contributed by atoms with Crippen molar-refractivity contribution >= 4 is 17.7 Å². The van der Waals surface area contributed by atoms with Crippen LogP contribution in [0, 0.1) is 6.92 Å². The van der Waals surface area contributed by atoms with E-state index in [1.165, 1.54) is 11.0 Å². The summed E-state index contributed by atoms with van der Waals surface area (Å²) in [5.41, 5.74) is 2.06. The Labute approximate surface area is 128 Å². The highest BCUT2D eigenvalue weighted by Gasteiger charge is 2.09. The van der Waals surface area contributed by atoms with Gasteiger partial charge in [0.1, 0.15) is 0 Å². The highest BCUT2D eigenvalue weighted by atomic mass is 16.5. The zero-order valence-corrected chi connectivity index (χ0v) is 12.6. The van der Waals surface area contributed by atoms with Crippen molar-refractivity contribution in [2.45, 2.75) is 26.8 Å². The van der Waals surface area contributed by atoms with Crippen LogP contribution in [0.15, 0.2) is 30.5 Å². The molecule has 0 fully saturated rings. The molecule has 0 saturated carbocycles. The first-order valence-electron chi connectivity index (χ1n) is 6.98. The van der Waals surface area contributed by atoms with E-state index in [2.05, 4.69) is 15.5 Å². The van der Waals surface area contributed by atoms with Gasteiger partial charge in [0.15, 0.2) is 12.4 Å². The Bertz CT molecular complexity index is 649. The number of carbonyl (C=O) groups is 2. The van der Waals surface area contributed by atoms with Crippen molar-refractivity contribution in [2.24, 2.45) is 0 Å². The highest BCUT2D eigenvalue weighted by molar-refractivity contribution is 5.91. The Morgan fingerprint density at radius 1 is 1.27 bits per heavy atom. The van der Waals surface area contributed by atoms with Crippen molar-refractivity contribution in [1.29, 1.82) is 0 Å². The molecule has 7 heteroatoms. The molecule has 1 N–H and O–H groups in total. The first-order valence-corrected chi connectivity index (χ1v) is 6.98. The molecule has 0 atom stereocenters. The van der Waals surface area contributed by atoms with Gasteiger partial charge in [-0.1, -0.05) is 29.8 Å². The second kappa shape index (κ2) is 7.35. The van der Waals surface area contributed by atoms with Crippen molar-refractivity contribution in [2.75, 3.05) is 11.9 Å². The number of nitrogens with zero attached hydrogens (tertiary/aromatic N) is 3. The molecule has 0 spiro atoms. The van der Waals surface area contributed by atoms with Crippen LogP contribution in [0.4, 0.5) is 5.82 Å². The van der Waals surface area contributed by atoms with E-state index in [9.17, 15) is 9.59 Å². The Balaban J connectivity index is 1.88. The molecule has 0 bridgehead atoms. The van der Waals surface area contributed by atoms with Crippen molar-refractivity contribution < 1.29 is 14.3 Å². The molecule has 1 amide bonds. The first kappa shape index (κ1) is 15.7. The molecule has 22 heavy (non-hydrogen) atoms. The van der Waals surface area contributed by atoms with Gasteiger partial charge in [0, 0.05) is 0 Å². The number of carbonyl (C=O) groups excluding carboxylic acids is 2. The smallest absolute Gasteiger partial charge is 0.329 e. The Morgan fingerprint density at radius 2 is 2.00 bits per heavy atom. The third-order valence-corrected chi connectivity index (χ3v) is 2.87. The van der Waals surface area contributed by atoms with Crippen molar-refractivity contribution in [3.63, 3.8) is 0 Å². The third-order valence-electron chi connectivity index (χ3n) is 2.87. The van der Waals surface area contributed by atoms with E-state index in [0.29, 0.717) is 12.4 Å². The molecular formula is C15H18N4O3. The van der Waals surface area contributed by atoms with E-state index in [0.717, 1.165) is 11.1 Å². The number of anilines is 1. The fourth-order valence-corrected chi connectivity index (χ4v) is 1.83. The summed E-state index contributed by atoms with van der Waals surface area (Å²) in [7, 11) is 0. The number of ether oxygens (including phenoxy) is 1. The Kier molecular flexibility index (Phi) is 5.24. The van der Waals surface area contributed by atoms with Gasteiger partial charge in [0.25, 0.3) is 0 Å². The number of rotatable bonds is 6. The maximum atomic E-state index is 11.9. The van der Waals surface area contributed by atoms with Crippen LogP contribution in [0.1, 0.15) is 18.1 Å². The zero-order chi connectivity index (χ0) is 15.9. The summed E-state index contributed by atoms with van der Waals surface area (Å²) in [5.74, 6) is -0.302. The van der Waals surface area contributed by atoms with Crippen LogP contribution in [0.3, 0.4) is 0 Å². The lowest BCUT2D eigenvalue weighted by Gasteiger charge is -2.03. The van der Waals surface area contributed by atoms with E-state index in [1.54, 1.807) is 6.92 Å². The summed E-state index contributed by atoms with van der Waals surface area (Å²) < 4.78 is 4.80. The average molecular weight is 302 g/mol. The Hall–Kier alpha value is -2.70. The molecular weight excluding hydrogens is 284 g/mol. The summed E-state index contributed by atoms with van der Waals surface area (Å²) in [4.78, 5) is 24.4. The molecule has 0 aliphatic heterocycles. The normalized spacial score (nSPS) is 10.3. The minimum absolute atomic E-state index is 0.0817. The zero-order valence-electron chi connectivity index (χ0n) is 12.6. The molecule has 0 aliphatic rings. The lowest BCUT2D eigenvalue weighted by Crippen LogP contribution is -2.17. The summed E-state index contributed by atoms with van der Waals surface area (Å²) in [5, 5.41) is 10.5. The maximum absolute atomic E-state index is 11.9.